The highest BCUT2D eigenvalue weighted by Gasteiger charge is 2.12. The van der Waals surface area contributed by atoms with Crippen molar-refractivity contribution >= 4 is 16.7 Å². The Balaban J connectivity index is 2.25. The van der Waals surface area contributed by atoms with E-state index in [9.17, 15) is 0 Å². The lowest BCUT2D eigenvalue weighted by molar-refractivity contribution is 0.890. The first kappa shape index (κ1) is 13.4. The summed E-state index contributed by atoms with van der Waals surface area (Å²) in [7, 11) is 0. The van der Waals surface area contributed by atoms with E-state index in [0.29, 0.717) is 11.9 Å². The summed E-state index contributed by atoms with van der Waals surface area (Å²) in [5, 5.41) is 4.43. The fraction of sp³-hybridized carbons (Fsp3) is 0.250. The summed E-state index contributed by atoms with van der Waals surface area (Å²) in [6.07, 6.45) is 7.10. The fourth-order valence-electron chi connectivity index (χ4n) is 2.25. The highest BCUT2D eigenvalue weighted by Crippen LogP contribution is 2.26. The normalized spacial score (nSPS) is 11.0. The second-order valence-electron chi connectivity index (χ2n) is 5.28. The van der Waals surface area contributed by atoms with E-state index in [0.717, 1.165) is 27.8 Å². The molecule has 0 bridgehead atoms. The number of nitrogens with zero attached hydrogens (tertiary/aromatic N) is 4. The maximum Gasteiger partial charge on any atom is 0.162 e. The van der Waals surface area contributed by atoms with E-state index in [1.165, 1.54) is 0 Å². The lowest BCUT2D eigenvalue weighted by atomic mass is 10.1. The number of pyridine rings is 2. The van der Waals surface area contributed by atoms with Gasteiger partial charge in [0.05, 0.1) is 11.7 Å². The van der Waals surface area contributed by atoms with Gasteiger partial charge >= 0.3 is 0 Å². The van der Waals surface area contributed by atoms with E-state index in [2.05, 4.69) is 34.1 Å². The van der Waals surface area contributed by atoms with E-state index in [-0.39, 0.29) is 0 Å². The standard InChI is InChI=1S/C16H17N5/c1-10(2)19-16-14-11(3)8-18-9-13(14)20-15(21-16)12-4-6-17-7-5-12/h4-10H,1-3H3,(H,19,20,21). The molecule has 0 unspecified atom stereocenters. The van der Waals surface area contributed by atoms with Crippen LogP contribution in [0.4, 0.5) is 5.82 Å². The van der Waals surface area contributed by atoms with Gasteiger partial charge in [-0.25, -0.2) is 9.97 Å². The molecule has 0 aromatic carbocycles. The molecule has 0 aliphatic rings. The van der Waals surface area contributed by atoms with Crippen LogP contribution in [0, 0.1) is 6.92 Å². The van der Waals surface area contributed by atoms with Crippen molar-refractivity contribution in [1.29, 1.82) is 0 Å². The quantitative estimate of drug-likeness (QED) is 0.797. The average molecular weight is 279 g/mol. The van der Waals surface area contributed by atoms with Crippen LogP contribution in [0.1, 0.15) is 19.4 Å². The minimum atomic E-state index is 0.293. The van der Waals surface area contributed by atoms with Gasteiger partial charge in [-0.15, -0.1) is 0 Å². The molecule has 3 aromatic heterocycles. The van der Waals surface area contributed by atoms with Gasteiger partial charge in [-0.2, -0.15) is 0 Å². The molecule has 3 rings (SSSR count). The van der Waals surface area contributed by atoms with Crippen LogP contribution < -0.4 is 5.32 Å². The van der Waals surface area contributed by atoms with Crippen molar-refractivity contribution in [3.8, 4) is 11.4 Å². The Kier molecular flexibility index (Phi) is 3.48. The van der Waals surface area contributed by atoms with Crippen molar-refractivity contribution in [2.45, 2.75) is 26.8 Å². The lowest BCUT2D eigenvalue weighted by Gasteiger charge is -2.14. The SMILES string of the molecule is Cc1cncc2nc(-c3ccncc3)nc(NC(C)C)c12. The molecule has 0 saturated carbocycles. The van der Waals surface area contributed by atoms with Crippen LogP contribution >= 0.6 is 0 Å². The van der Waals surface area contributed by atoms with E-state index in [4.69, 9.17) is 4.98 Å². The topological polar surface area (TPSA) is 63.6 Å². The maximum atomic E-state index is 4.69. The van der Waals surface area contributed by atoms with E-state index >= 15 is 0 Å². The minimum Gasteiger partial charge on any atom is -0.367 e. The fourth-order valence-corrected chi connectivity index (χ4v) is 2.25. The van der Waals surface area contributed by atoms with Crippen molar-refractivity contribution in [3.63, 3.8) is 0 Å². The second kappa shape index (κ2) is 5.44. The molecule has 3 aromatic rings. The molecule has 3 heterocycles. The second-order valence-corrected chi connectivity index (χ2v) is 5.28. The maximum absolute atomic E-state index is 4.69. The molecule has 0 aliphatic heterocycles. The Morgan fingerprint density at radius 1 is 1.00 bits per heavy atom. The molecule has 1 N–H and O–H groups in total. The van der Waals surface area contributed by atoms with Crippen LogP contribution in [0.3, 0.4) is 0 Å². The number of hydrogen-bond acceptors (Lipinski definition) is 5. The summed E-state index contributed by atoms with van der Waals surface area (Å²) in [5.74, 6) is 1.53. The van der Waals surface area contributed by atoms with Crippen molar-refractivity contribution in [3.05, 3.63) is 42.5 Å². The van der Waals surface area contributed by atoms with Crippen molar-refractivity contribution in [2.75, 3.05) is 5.32 Å². The molecular weight excluding hydrogens is 262 g/mol. The minimum absolute atomic E-state index is 0.293. The van der Waals surface area contributed by atoms with Crippen LogP contribution in [-0.2, 0) is 0 Å². The molecule has 0 fully saturated rings. The Morgan fingerprint density at radius 2 is 1.76 bits per heavy atom. The molecule has 0 amide bonds. The van der Waals surface area contributed by atoms with Crippen LogP contribution in [0.25, 0.3) is 22.3 Å². The van der Waals surface area contributed by atoms with Gasteiger partial charge in [0, 0.05) is 35.6 Å². The third-order valence-electron chi connectivity index (χ3n) is 3.16. The van der Waals surface area contributed by atoms with E-state index in [1.807, 2.05) is 25.3 Å². The largest absolute Gasteiger partial charge is 0.367 e. The van der Waals surface area contributed by atoms with Gasteiger partial charge in [-0.3, -0.25) is 9.97 Å². The number of fused-ring (bicyclic) bond motifs is 1. The van der Waals surface area contributed by atoms with Gasteiger partial charge < -0.3 is 5.32 Å². The number of nitrogens with one attached hydrogen (secondary N) is 1. The summed E-state index contributed by atoms with van der Waals surface area (Å²) in [4.78, 5) is 17.6. The third-order valence-corrected chi connectivity index (χ3v) is 3.16. The summed E-state index contributed by atoms with van der Waals surface area (Å²) >= 11 is 0. The number of anilines is 1. The van der Waals surface area contributed by atoms with Crippen molar-refractivity contribution < 1.29 is 0 Å². The first-order chi connectivity index (χ1) is 10.1. The molecular formula is C16H17N5. The molecule has 21 heavy (non-hydrogen) atoms. The smallest absolute Gasteiger partial charge is 0.162 e. The molecule has 0 radical (unpaired) electrons. The summed E-state index contributed by atoms with van der Waals surface area (Å²) < 4.78 is 0. The summed E-state index contributed by atoms with van der Waals surface area (Å²) in [6.45, 7) is 6.21. The molecule has 5 nitrogen and oxygen atoms in total. The lowest BCUT2D eigenvalue weighted by Crippen LogP contribution is -2.12. The molecule has 0 atom stereocenters. The van der Waals surface area contributed by atoms with Crippen molar-refractivity contribution in [2.24, 2.45) is 0 Å². The predicted molar refractivity (Wildman–Crippen MR) is 84.1 cm³/mol. The van der Waals surface area contributed by atoms with Crippen LogP contribution in [0.5, 0.6) is 0 Å². The highest BCUT2D eigenvalue weighted by molar-refractivity contribution is 5.92. The molecule has 106 valence electrons. The molecule has 5 heteroatoms. The molecule has 0 spiro atoms. The number of aryl methyl sites for hydroxylation is 1. The zero-order valence-electron chi connectivity index (χ0n) is 12.3. The molecule has 0 saturated heterocycles. The predicted octanol–water partition coefficient (Wildman–Crippen LogP) is 3.22. The monoisotopic (exact) mass is 279 g/mol. The van der Waals surface area contributed by atoms with E-state index in [1.54, 1.807) is 18.6 Å². The van der Waals surface area contributed by atoms with Crippen molar-refractivity contribution in [1.82, 2.24) is 19.9 Å². The van der Waals surface area contributed by atoms with E-state index < -0.39 is 0 Å². The summed E-state index contributed by atoms with van der Waals surface area (Å²) in [6, 6.07) is 4.11. The number of aromatic nitrogens is 4. The Hall–Kier alpha value is -2.56. The number of rotatable bonds is 3. The average Bonchev–Trinajstić information content (AvgIpc) is 2.47. The Morgan fingerprint density at radius 3 is 2.48 bits per heavy atom. The molecule has 0 aliphatic carbocycles. The highest BCUT2D eigenvalue weighted by atomic mass is 15.0. The van der Waals surface area contributed by atoms with Gasteiger partial charge in [0.25, 0.3) is 0 Å². The van der Waals surface area contributed by atoms with Gasteiger partial charge in [-0.05, 0) is 38.5 Å². The van der Waals surface area contributed by atoms with Crippen LogP contribution in [0.2, 0.25) is 0 Å². The summed E-state index contributed by atoms with van der Waals surface area (Å²) in [5.41, 5.74) is 2.86. The zero-order valence-corrected chi connectivity index (χ0v) is 12.3. The zero-order chi connectivity index (χ0) is 14.8. The van der Waals surface area contributed by atoms with Crippen LogP contribution in [-0.4, -0.2) is 26.0 Å². The third kappa shape index (κ3) is 2.67. The van der Waals surface area contributed by atoms with Gasteiger partial charge in [-0.1, -0.05) is 0 Å². The van der Waals surface area contributed by atoms with Gasteiger partial charge in [0.2, 0.25) is 0 Å². The first-order valence-electron chi connectivity index (χ1n) is 6.94. The number of hydrogen-bond donors (Lipinski definition) is 1. The Labute approximate surface area is 123 Å². The van der Waals surface area contributed by atoms with Gasteiger partial charge in [0.15, 0.2) is 5.82 Å². The Bertz CT molecular complexity index is 768. The van der Waals surface area contributed by atoms with Gasteiger partial charge in [0.1, 0.15) is 5.82 Å². The van der Waals surface area contributed by atoms with Crippen LogP contribution in [0.15, 0.2) is 36.9 Å². The first-order valence-corrected chi connectivity index (χ1v) is 6.94.